The summed E-state index contributed by atoms with van der Waals surface area (Å²) in [5, 5.41) is 14.0. The lowest BCUT2D eigenvalue weighted by Gasteiger charge is -2.22. The highest BCUT2D eigenvalue weighted by Gasteiger charge is 2.23. The van der Waals surface area contributed by atoms with Crippen molar-refractivity contribution in [1.29, 1.82) is 0 Å². The maximum atomic E-state index is 12.9. The number of rotatable bonds is 7. The van der Waals surface area contributed by atoms with E-state index in [1.165, 1.54) is 24.3 Å². The Kier molecular flexibility index (Phi) is 6.26. The first-order valence-corrected chi connectivity index (χ1v) is 9.24. The summed E-state index contributed by atoms with van der Waals surface area (Å²) in [5.74, 6) is -0.477. The highest BCUT2D eigenvalue weighted by Crippen LogP contribution is 2.29. The van der Waals surface area contributed by atoms with Crippen LogP contribution >= 0.6 is 0 Å². The monoisotopic (exact) mass is 405 g/mol. The van der Waals surface area contributed by atoms with Crippen LogP contribution in [0.25, 0.3) is 0 Å². The number of non-ortho nitro benzene ring substituents is 1. The van der Waals surface area contributed by atoms with Crippen LogP contribution < -0.4 is 15.0 Å². The molecular formula is C20H21F2N3O4. The lowest BCUT2D eigenvalue weighted by molar-refractivity contribution is -0.384. The zero-order valence-corrected chi connectivity index (χ0v) is 15.8. The summed E-state index contributed by atoms with van der Waals surface area (Å²) in [6.45, 7) is 0.316. The zero-order chi connectivity index (χ0) is 21.0. The van der Waals surface area contributed by atoms with Gasteiger partial charge in [-0.15, -0.1) is 0 Å². The number of hydrogen-bond donors (Lipinski definition) is 1. The third-order valence-corrected chi connectivity index (χ3v) is 4.81. The molecule has 1 heterocycles. The van der Waals surface area contributed by atoms with Crippen molar-refractivity contribution in [2.45, 2.75) is 32.4 Å². The molecule has 29 heavy (non-hydrogen) atoms. The van der Waals surface area contributed by atoms with Crippen molar-refractivity contribution in [1.82, 2.24) is 5.32 Å². The van der Waals surface area contributed by atoms with E-state index in [1.807, 2.05) is 4.90 Å². The second kappa shape index (κ2) is 8.85. The SMILES string of the molecule is CC(NC(=O)c1cc([N+](=O)[O-])ccc1N1CCCC1)c1cccc(OC(F)F)c1. The molecule has 3 rings (SSSR count). The molecule has 1 atom stereocenters. The van der Waals surface area contributed by atoms with Gasteiger partial charge in [0.05, 0.1) is 22.2 Å². The smallest absolute Gasteiger partial charge is 0.387 e. The molecule has 9 heteroatoms. The second-order valence-electron chi connectivity index (χ2n) is 6.80. The Morgan fingerprint density at radius 2 is 1.93 bits per heavy atom. The van der Waals surface area contributed by atoms with Gasteiger partial charge in [0.15, 0.2) is 0 Å². The molecule has 2 aromatic carbocycles. The largest absolute Gasteiger partial charge is 0.435 e. The van der Waals surface area contributed by atoms with Crippen molar-refractivity contribution in [2.24, 2.45) is 0 Å². The molecule has 7 nitrogen and oxygen atoms in total. The van der Waals surface area contributed by atoms with Gasteiger partial charge in [0.1, 0.15) is 5.75 Å². The predicted molar refractivity (Wildman–Crippen MR) is 103 cm³/mol. The van der Waals surface area contributed by atoms with E-state index in [0.717, 1.165) is 25.9 Å². The first kappa shape index (κ1) is 20.5. The molecule has 1 amide bonds. The van der Waals surface area contributed by atoms with Crippen LogP contribution in [0.1, 0.15) is 41.7 Å². The number of benzene rings is 2. The first-order valence-electron chi connectivity index (χ1n) is 9.24. The van der Waals surface area contributed by atoms with Crippen LogP contribution in [0.15, 0.2) is 42.5 Å². The van der Waals surface area contributed by atoms with Crippen molar-refractivity contribution < 1.29 is 23.2 Å². The molecular weight excluding hydrogens is 384 g/mol. The summed E-state index contributed by atoms with van der Waals surface area (Å²) >= 11 is 0. The van der Waals surface area contributed by atoms with Crippen LogP contribution in [-0.2, 0) is 0 Å². The molecule has 2 aromatic rings. The van der Waals surface area contributed by atoms with E-state index in [-0.39, 0.29) is 17.0 Å². The Morgan fingerprint density at radius 1 is 1.21 bits per heavy atom. The number of ether oxygens (including phenoxy) is 1. The van der Waals surface area contributed by atoms with Crippen LogP contribution in [0.5, 0.6) is 5.75 Å². The van der Waals surface area contributed by atoms with Crippen LogP contribution in [-0.4, -0.2) is 30.5 Å². The van der Waals surface area contributed by atoms with E-state index in [0.29, 0.717) is 11.3 Å². The normalized spacial score (nSPS) is 14.7. The number of nitro groups is 1. The minimum Gasteiger partial charge on any atom is -0.435 e. The second-order valence-corrected chi connectivity index (χ2v) is 6.80. The summed E-state index contributed by atoms with van der Waals surface area (Å²) < 4.78 is 29.3. The van der Waals surface area contributed by atoms with Gasteiger partial charge in [0, 0.05) is 25.2 Å². The van der Waals surface area contributed by atoms with Crippen LogP contribution in [0.3, 0.4) is 0 Å². The number of nitro benzene ring substituents is 1. The molecule has 0 spiro atoms. The molecule has 154 valence electrons. The van der Waals surface area contributed by atoms with E-state index in [9.17, 15) is 23.7 Å². The Morgan fingerprint density at radius 3 is 2.59 bits per heavy atom. The fourth-order valence-electron chi connectivity index (χ4n) is 3.37. The maximum absolute atomic E-state index is 12.9. The molecule has 1 unspecified atom stereocenters. The van der Waals surface area contributed by atoms with Crippen molar-refractivity contribution in [3.8, 4) is 5.75 Å². The van der Waals surface area contributed by atoms with Crippen LogP contribution in [0, 0.1) is 10.1 Å². The molecule has 0 bridgehead atoms. The number of halogens is 2. The molecule has 1 fully saturated rings. The Hall–Kier alpha value is -3.23. The minimum absolute atomic E-state index is 0.00768. The Labute approximate surface area is 166 Å². The fraction of sp³-hybridized carbons (Fsp3) is 0.350. The summed E-state index contributed by atoms with van der Waals surface area (Å²) in [6.07, 6.45) is 1.98. The minimum atomic E-state index is -2.94. The van der Waals surface area contributed by atoms with Gasteiger partial charge in [-0.25, -0.2) is 0 Å². The van der Waals surface area contributed by atoms with Gasteiger partial charge in [0.2, 0.25) is 0 Å². The first-order chi connectivity index (χ1) is 13.8. The number of carbonyl (C=O) groups is 1. The van der Waals surface area contributed by atoms with E-state index in [2.05, 4.69) is 10.1 Å². The average molecular weight is 405 g/mol. The lowest BCUT2D eigenvalue weighted by atomic mass is 10.1. The molecule has 1 aliphatic rings. The van der Waals surface area contributed by atoms with Gasteiger partial charge in [-0.2, -0.15) is 8.78 Å². The highest BCUT2D eigenvalue weighted by molar-refractivity contribution is 6.00. The molecule has 0 aliphatic carbocycles. The number of anilines is 1. The van der Waals surface area contributed by atoms with Gasteiger partial charge in [0.25, 0.3) is 11.6 Å². The van der Waals surface area contributed by atoms with Gasteiger partial charge in [-0.05, 0) is 43.5 Å². The number of carbonyl (C=O) groups excluding carboxylic acids is 1. The van der Waals surface area contributed by atoms with Gasteiger partial charge < -0.3 is 15.0 Å². The zero-order valence-electron chi connectivity index (χ0n) is 15.8. The number of hydrogen-bond acceptors (Lipinski definition) is 5. The topological polar surface area (TPSA) is 84.7 Å². The molecule has 1 aliphatic heterocycles. The molecule has 1 saturated heterocycles. The van der Waals surface area contributed by atoms with Crippen molar-refractivity contribution >= 4 is 17.3 Å². The van der Waals surface area contributed by atoms with Crippen LogP contribution in [0.4, 0.5) is 20.2 Å². The van der Waals surface area contributed by atoms with Crippen LogP contribution in [0.2, 0.25) is 0 Å². The lowest BCUT2D eigenvalue weighted by Crippen LogP contribution is -2.29. The number of alkyl halides is 2. The van der Waals surface area contributed by atoms with Crippen molar-refractivity contribution in [3.05, 3.63) is 63.7 Å². The van der Waals surface area contributed by atoms with Gasteiger partial charge >= 0.3 is 6.61 Å². The average Bonchev–Trinajstić information content (AvgIpc) is 3.21. The van der Waals surface area contributed by atoms with E-state index in [4.69, 9.17) is 0 Å². The Balaban J connectivity index is 1.84. The van der Waals surface area contributed by atoms with E-state index < -0.39 is 23.5 Å². The van der Waals surface area contributed by atoms with Crippen molar-refractivity contribution in [2.75, 3.05) is 18.0 Å². The standard InChI is InChI=1S/C20H21F2N3O4/c1-13(14-5-4-6-16(11-14)29-20(21)22)23-19(26)17-12-15(25(27)28)7-8-18(17)24-9-2-3-10-24/h4-8,11-13,20H,2-3,9-10H2,1H3,(H,23,26). The summed E-state index contributed by atoms with van der Waals surface area (Å²) in [7, 11) is 0. The third-order valence-electron chi connectivity index (χ3n) is 4.81. The fourth-order valence-corrected chi connectivity index (χ4v) is 3.37. The molecule has 0 aromatic heterocycles. The summed E-state index contributed by atoms with van der Waals surface area (Å²) in [5.41, 5.74) is 1.27. The predicted octanol–water partition coefficient (Wildman–Crippen LogP) is 4.29. The number of nitrogens with one attached hydrogen (secondary N) is 1. The van der Waals surface area contributed by atoms with Gasteiger partial charge in [-0.3, -0.25) is 14.9 Å². The maximum Gasteiger partial charge on any atom is 0.387 e. The van der Waals surface area contributed by atoms with E-state index in [1.54, 1.807) is 25.1 Å². The molecule has 0 saturated carbocycles. The summed E-state index contributed by atoms with van der Waals surface area (Å²) in [6, 6.07) is 9.79. The van der Waals surface area contributed by atoms with Gasteiger partial charge in [-0.1, -0.05) is 12.1 Å². The Bertz CT molecular complexity index is 901. The number of nitrogens with zero attached hydrogens (tertiary/aromatic N) is 2. The summed E-state index contributed by atoms with van der Waals surface area (Å²) in [4.78, 5) is 25.6. The third kappa shape index (κ3) is 4.98. The quantitative estimate of drug-likeness (QED) is 0.549. The number of amides is 1. The molecule has 0 radical (unpaired) electrons. The van der Waals surface area contributed by atoms with E-state index >= 15 is 0 Å². The highest BCUT2D eigenvalue weighted by atomic mass is 19.3. The van der Waals surface area contributed by atoms with Crippen molar-refractivity contribution in [3.63, 3.8) is 0 Å². The molecule has 1 N–H and O–H groups in total.